The minimum Gasteiger partial charge on any atom is -0.320 e. The van der Waals surface area contributed by atoms with Crippen molar-refractivity contribution in [3.8, 4) is 11.8 Å². The van der Waals surface area contributed by atoms with Crippen molar-refractivity contribution in [1.82, 2.24) is 14.8 Å². The van der Waals surface area contributed by atoms with Gasteiger partial charge in [0.25, 0.3) is 5.91 Å². The van der Waals surface area contributed by atoms with Crippen molar-refractivity contribution in [2.45, 2.75) is 6.92 Å². The zero-order valence-corrected chi connectivity index (χ0v) is 11.3. The number of amides is 1. The number of pyridine rings is 1. The Bertz CT molecular complexity index is 693. The molecule has 1 amide bonds. The van der Waals surface area contributed by atoms with Gasteiger partial charge < -0.3 is 11.1 Å². The van der Waals surface area contributed by atoms with E-state index in [4.69, 9.17) is 5.73 Å². The number of nitrogens with one attached hydrogen (secondary N) is 1. The highest BCUT2D eigenvalue weighted by Gasteiger charge is 2.14. The molecule has 0 aliphatic heterocycles. The summed E-state index contributed by atoms with van der Waals surface area (Å²) in [6.45, 7) is 2.06. The van der Waals surface area contributed by atoms with E-state index in [-0.39, 0.29) is 18.1 Å². The molecular weight excluding hydrogens is 254 g/mol. The summed E-state index contributed by atoms with van der Waals surface area (Å²) in [5.41, 5.74) is 7.57. The Morgan fingerprint density at radius 3 is 3.00 bits per heavy atom. The first kappa shape index (κ1) is 13.8. The van der Waals surface area contributed by atoms with Crippen molar-refractivity contribution < 1.29 is 4.79 Å². The van der Waals surface area contributed by atoms with Gasteiger partial charge >= 0.3 is 0 Å². The predicted octanol–water partition coefficient (Wildman–Crippen LogP) is 0.686. The summed E-state index contributed by atoms with van der Waals surface area (Å²) in [4.78, 5) is 16.3. The monoisotopic (exact) mass is 269 g/mol. The van der Waals surface area contributed by atoms with E-state index in [0.29, 0.717) is 11.3 Å². The summed E-state index contributed by atoms with van der Waals surface area (Å²) in [5.74, 6) is 5.24. The van der Waals surface area contributed by atoms with Crippen molar-refractivity contribution >= 4 is 11.6 Å². The lowest BCUT2D eigenvalue weighted by Crippen LogP contribution is -2.15. The average Bonchev–Trinajstić information content (AvgIpc) is 2.75. The third kappa shape index (κ3) is 3.02. The summed E-state index contributed by atoms with van der Waals surface area (Å²) in [6, 6.07) is 3.47. The molecule has 2 heterocycles. The van der Waals surface area contributed by atoms with Crippen LogP contribution in [0, 0.1) is 18.8 Å². The number of nitrogens with two attached hydrogens (primary N) is 1. The van der Waals surface area contributed by atoms with E-state index < -0.39 is 0 Å². The van der Waals surface area contributed by atoms with Gasteiger partial charge in [0.15, 0.2) is 0 Å². The molecule has 0 aliphatic rings. The Morgan fingerprint density at radius 1 is 1.55 bits per heavy atom. The third-order valence-electron chi connectivity index (χ3n) is 2.61. The molecule has 0 aromatic carbocycles. The second-order valence-corrected chi connectivity index (χ2v) is 4.16. The second-order valence-electron chi connectivity index (χ2n) is 4.16. The van der Waals surface area contributed by atoms with Crippen LogP contribution in [0.2, 0.25) is 0 Å². The molecule has 20 heavy (non-hydrogen) atoms. The first-order chi connectivity index (χ1) is 9.61. The molecule has 0 atom stereocenters. The Balaban J connectivity index is 2.28. The highest BCUT2D eigenvalue weighted by molar-refractivity contribution is 6.04. The first-order valence-corrected chi connectivity index (χ1v) is 6.07. The zero-order chi connectivity index (χ0) is 14.5. The molecular formula is C14H15N5O. The molecule has 6 heteroatoms. The molecule has 0 unspecified atom stereocenters. The van der Waals surface area contributed by atoms with Crippen molar-refractivity contribution in [3.05, 3.63) is 41.5 Å². The van der Waals surface area contributed by atoms with Crippen LogP contribution in [0.4, 0.5) is 5.69 Å². The number of hydrogen-bond donors (Lipinski definition) is 2. The lowest BCUT2D eigenvalue weighted by Gasteiger charge is -2.04. The molecule has 3 N–H and O–H groups in total. The summed E-state index contributed by atoms with van der Waals surface area (Å²) in [6.07, 6.45) is 3.29. The number of aryl methyl sites for hydroxylation is 2. The van der Waals surface area contributed by atoms with Gasteiger partial charge in [0, 0.05) is 19.4 Å². The van der Waals surface area contributed by atoms with E-state index >= 15 is 0 Å². The Morgan fingerprint density at radius 2 is 2.35 bits per heavy atom. The maximum atomic E-state index is 12.2. The normalized spacial score (nSPS) is 9.75. The number of aromatic nitrogens is 3. The highest BCUT2D eigenvalue weighted by Crippen LogP contribution is 2.13. The summed E-state index contributed by atoms with van der Waals surface area (Å²) in [5, 5.41) is 6.95. The minimum atomic E-state index is -0.317. The van der Waals surface area contributed by atoms with E-state index in [1.807, 2.05) is 6.92 Å². The Hall–Kier alpha value is -2.65. The van der Waals surface area contributed by atoms with Gasteiger partial charge in [0.2, 0.25) is 0 Å². The molecule has 102 valence electrons. The number of anilines is 1. The van der Waals surface area contributed by atoms with Crippen molar-refractivity contribution in [3.63, 3.8) is 0 Å². The number of hydrogen-bond acceptors (Lipinski definition) is 4. The molecule has 2 aromatic rings. The van der Waals surface area contributed by atoms with Crippen molar-refractivity contribution in [2.24, 2.45) is 12.8 Å². The minimum absolute atomic E-state index is 0.234. The van der Waals surface area contributed by atoms with Gasteiger partial charge in [-0.3, -0.25) is 9.48 Å². The molecule has 0 saturated carbocycles. The third-order valence-corrected chi connectivity index (χ3v) is 2.61. The van der Waals surface area contributed by atoms with Crippen LogP contribution >= 0.6 is 0 Å². The van der Waals surface area contributed by atoms with Gasteiger partial charge in [-0.25, -0.2) is 4.98 Å². The quantitative estimate of drug-likeness (QED) is 0.785. The molecule has 2 aromatic heterocycles. The van der Waals surface area contributed by atoms with Gasteiger partial charge in [-0.05, 0) is 19.1 Å². The molecule has 0 spiro atoms. The second kappa shape index (κ2) is 5.99. The van der Waals surface area contributed by atoms with E-state index in [1.54, 1.807) is 36.3 Å². The fourth-order valence-electron chi connectivity index (χ4n) is 1.74. The molecule has 0 bridgehead atoms. The van der Waals surface area contributed by atoms with Crippen LogP contribution in [0.1, 0.15) is 21.7 Å². The number of carbonyl (C=O) groups excluding carboxylic acids is 1. The number of rotatable bonds is 2. The standard InChI is InChI=1S/C14H15N5O/c1-10-12(9-19(2)18-10)17-14(20)13-11(5-3-7-15)6-4-8-16-13/h4,6,8-9H,7,15H2,1-2H3,(H,17,20). The number of carbonyl (C=O) groups is 1. The van der Waals surface area contributed by atoms with Crippen LogP contribution in [-0.2, 0) is 7.05 Å². The molecule has 0 aliphatic carbocycles. The molecule has 0 fully saturated rings. The lowest BCUT2D eigenvalue weighted by molar-refractivity contribution is 0.102. The van der Waals surface area contributed by atoms with Gasteiger partial charge in [-0.2, -0.15) is 5.10 Å². The highest BCUT2D eigenvalue weighted by atomic mass is 16.1. The summed E-state index contributed by atoms with van der Waals surface area (Å²) >= 11 is 0. The largest absolute Gasteiger partial charge is 0.320 e. The SMILES string of the molecule is Cc1nn(C)cc1NC(=O)c1ncccc1C#CCN. The van der Waals surface area contributed by atoms with E-state index in [1.165, 1.54) is 0 Å². The van der Waals surface area contributed by atoms with Crippen LogP contribution < -0.4 is 11.1 Å². The van der Waals surface area contributed by atoms with Gasteiger partial charge in [-0.1, -0.05) is 11.8 Å². The van der Waals surface area contributed by atoms with Gasteiger partial charge in [0.05, 0.1) is 23.5 Å². The predicted molar refractivity (Wildman–Crippen MR) is 76.1 cm³/mol. The molecule has 0 saturated heterocycles. The van der Waals surface area contributed by atoms with Crippen molar-refractivity contribution in [1.29, 1.82) is 0 Å². The van der Waals surface area contributed by atoms with Gasteiger partial charge in [-0.15, -0.1) is 0 Å². The fourth-order valence-corrected chi connectivity index (χ4v) is 1.74. The van der Waals surface area contributed by atoms with Gasteiger partial charge in [0.1, 0.15) is 5.69 Å². The lowest BCUT2D eigenvalue weighted by atomic mass is 10.2. The number of nitrogens with zero attached hydrogens (tertiary/aromatic N) is 3. The van der Waals surface area contributed by atoms with Crippen LogP contribution in [0.25, 0.3) is 0 Å². The fraction of sp³-hybridized carbons (Fsp3) is 0.214. The first-order valence-electron chi connectivity index (χ1n) is 6.07. The average molecular weight is 269 g/mol. The zero-order valence-electron chi connectivity index (χ0n) is 11.3. The Kier molecular flexibility index (Phi) is 4.13. The van der Waals surface area contributed by atoms with Crippen LogP contribution in [0.5, 0.6) is 0 Å². The summed E-state index contributed by atoms with van der Waals surface area (Å²) in [7, 11) is 1.79. The maximum absolute atomic E-state index is 12.2. The van der Waals surface area contributed by atoms with E-state index in [9.17, 15) is 4.79 Å². The smallest absolute Gasteiger partial charge is 0.275 e. The molecule has 2 rings (SSSR count). The van der Waals surface area contributed by atoms with Crippen LogP contribution in [0.3, 0.4) is 0 Å². The van der Waals surface area contributed by atoms with E-state index in [0.717, 1.165) is 5.69 Å². The van der Waals surface area contributed by atoms with Crippen molar-refractivity contribution in [2.75, 3.05) is 11.9 Å². The van der Waals surface area contributed by atoms with E-state index in [2.05, 4.69) is 27.2 Å². The molecule has 0 radical (unpaired) electrons. The topological polar surface area (TPSA) is 85.8 Å². The Labute approximate surface area is 117 Å². The maximum Gasteiger partial charge on any atom is 0.275 e. The van der Waals surface area contributed by atoms with Crippen LogP contribution in [-0.4, -0.2) is 27.2 Å². The molecule has 6 nitrogen and oxygen atoms in total. The van der Waals surface area contributed by atoms with Crippen LogP contribution in [0.15, 0.2) is 24.5 Å². The summed E-state index contributed by atoms with van der Waals surface area (Å²) < 4.78 is 1.64.